The van der Waals surface area contributed by atoms with Crippen LogP contribution in [0.1, 0.15) is 11.1 Å². The van der Waals surface area contributed by atoms with E-state index in [4.69, 9.17) is 0 Å². The van der Waals surface area contributed by atoms with Crippen LogP contribution < -0.4 is 5.32 Å². The normalized spacial score (nSPS) is 11.9. The molecule has 0 bridgehead atoms. The van der Waals surface area contributed by atoms with E-state index in [1.807, 2.05) is 0 Å². The van der Waals surface area contributed by atoms with E-state index in [1.165, 1.54) is 71.6 Å². The van der Waals surface area contributed by atoms with Crippen molar-refractivity contribution < 1.29 is 0 Å². The zero-order valence-corrected chi connectivity index (χ0v) is 36.4. The minimum atomic E-state index is 1.02. The molecule has 11 aromatic rings. The predicted molar refractivity (Wildman–Crippen MR) is 283 cm³/mol. The van der Waals surface area contributed by atoms with Gasteiger partial charge in [0.25, 0.3) is 0 Å². The van der Waals surface area contributed by atoms with Gasteiger partial charge in [0.05, 0.1) is 11.0 Å². The Kier molecular flexibility index (Phi) is 11.0. The van der Waals surface area contributed by atoms with Crippen LogP contribution in [0.25, 0.3) is 94.4 Å². The smallest absolute Gasteiger partial charge is 0.0547 e. The van der Waals surface area contributed by atoms with Gasteiger partial charge in [-0.25, -0.2) is 0 Å². The topological polar surface area (TPSA) is 17.0 Å². The molecule has 0 saturated carbocycles. The highest BCUT2D eigenvalue weighted by Gasteiger charge is 2.16. The van der Waals surface area contributed by atoms with Crippen LogP contribution in [0.2, 0.25) is 0 Å². The second-order valence-electron chi connectivity index (χ2n) is 16.6. The number of fused-ring (bicyclic) bond motifs is 4. The van der Waals surface area contributed by atoms with Crippen molar-refractivity contribution in [3.63, 3.8) is 0 Å². The molecule has 312 valence electrons. The van der Waals surface area contributed by atoms with Gasteiger partial charge in [-0.1, -0.05) is 224 Å². The van der Waals surface area contributed by atoms with Crippen LogP contribution >= 0.6 is 0 Å². The summed E-state index contributed by atoms with van der Waals surface area (Å²) in [5, 5.41) is 8.54. The molecule has 0 unspecified atom stereocenters. The Labute approximate surface area is 386 Å². The lowest BCUT2D eigenvalue weighted by molar-refractivity contribution is 1.18. The SMILES string of the molecule is C(=C/c1ccc(-c2ccccc2)cc1)/C=C(\C=C\Nc1ccc(-c2ccc(-c3cccc4ccccc34)cc2)cc1)c1cccc2c1c1ccccc1n2-c1ccc(-c2ccccc2)cc1. The van der Waals surface area contributed by atoms with Gasteiger partial charge in [-0.2, -0.15) is 0 Å². The van der Waals surface area contributed by atoms with Crippen molar-refractivity contribution >= 4 is 49.9 Å². The van der Waals surface area contributed by atoms with E-state index >= 15 is 0 Å². The molecule has 11 rings (SSSR count). The third-order valence-electron chi connectivity index (χ3n) is 12.5. The molecule has 0 aliphatic heterocycles. The van der Waals surface area contributed by atoms with Crippen molar-refractivity contribution in [2.24, 2.45) is 0 Å². The Bertz CT molecular complexity index is 3530. The van der Waals surface area contributed by atoms with Crippen molar-refractivity contribution in [2.75, 3.05) is 5.32 Å². The van der Waals surface area contributed by atoms with E-state index in [0.717, 1.165) is 33.6 Å². The van der Waals surface area contributed by atoms with E-state index in [0.29, 0.717) is 0 Å². The molecule has 0 amide bonds. The maximum absolute atomic E-state index is 3.59. The van der Waals surface area contributed by atoms with E-state index in [-0.39, 0.29) is 0 Å². The molecule has 10 aromatic carbocycles. The van der Waals surface area contributed by atoms with Crippen molar-refractivity contribution in [2.45, 2.75) is 0 Å². The molecule has 1 heterocycles. The molecule has 0 radical (unpaired) electrons. The van der Waals surface area contributed by atoms with Crippen LogP contribution in [0.3, 0.4) is 0 Å². The second-order valence-corrected chi connectivity index (χ2v) is 16.6. The Balaban J connectivity index is 0.910. The van der Waals surface area contributed by atoms with Crippen LogP contribution in [0.4, 0.5) is 5.69 Å². The number of nitrogens with zero attached hydrogens (tertiary/aromatic N) is 1. The van der Waals surface area contributed by atoms with Gasteiger partial charge in [0.2, 0.25) is 0 Å². The Hall–Kier alpha value is -8.72. The minimum absolute atomic E-state index is 1.02. The summed E-state index contributed by atoms with van der Waals surface area (Å²) in [4.78, 5) is 0. The zero-order valence-electron chi connectivity index (χ0n) is 36.4. The fourth-order valence-corrected chi connectivity index (χ4v) is 9.19. The largest absolute Gasteiger partial charge is 0.362 e. The minimum Gasteiger partial charge on any atom is -0.362 e. The first-order valence-corrected chi connectivity index (χ1v) is 22.6. The number of hydrogen-bond acceptors (Lipinski definition) is 1. The molecule has 1 N–H and O–H groups in total. The average molecular weight is 843 g/mol. The van der Waals surface area contributed by atoms with E-state index in [2.05, 4.69) is 283 Å². The van der Waals surface area contributed by atoms with Crippen LogP contribution in [-0.2, 0) is 0 Å². The molecular weight excluding hydrogens is 797 g/mol. The first-order valence-electron chi connectivity index (χ1n) is 22.6. The summed E-state index contributed by atoms with van der Waals surface area (Å²) in [6.45, 7) is 0. The molecule has 0 spiro atoms. The summed E-state index contributed by atoms with van der Waals surface area (Å²) in [5.41, 5.74) is 17.5. The highest BCUT2D eigenvalue weighted by molar-refractivity contribution is 6.14. The summed E-state index contributed by atoms with van der Waals surface area (Å²) in [7, 11) is 0. The lowest BCUT2D eigenvalue weighted by Crippen LogP contribution is -1.94. The number of rotatable bonds is 11. The Morgan fingerprint density at radius 3 is 1.61 bits per heavy atom. The Morgan fingerprint density at radius 2 is 0.909 bits per heavy atom. The summed E-state index contributed by atoms with van der Waals surface area (Å²) in [6.07, 6.45) is 10.8. The fraction of sp³-hybridized carbons (Fsp3) is 0. The first-order chi connectivity index (χ1) is 32.7. The molecular formula is C64H46N2. The Morgan fingerprint density at radius 1 is 0.394 bits per heavy atom. The van der Waals surface area contributed by atoms with Crippen molar-refractivity contribution in [3.8, 4) is 50.2 Å². The monoisotopic (exact) mass is 842 g/mol. The number of nitrogens with one attached hydrogen (secondary N) is 1. The molecule has 2 heteroatoms. The fourth-order valence-electron chi connectivity index (χ4n) is 9.19. The molecule has 66 heavy (non-hydrogen) atoms. The highest BCUT2D eigenvalue weighted by atomic mass is 15.0. The number of anilines is 1. The molecule has 2 nitrogen and oxygen atoms in total. The second kappa shape index (κ2) is 18.2. The van der Waals surface area contributed by atoms with E-state index in [1.54, 1.807) is 0 Å². The summed E-state index contributed by atoms with van der Waals surface area (Å²) in [5.74, 6) is 0. The van der Waals surface area contributed by atoms with Crippen molar-refractivity contribution in [1.82, 2.24) is 4.57 Å². The molecule has 0 atom stereocenters. The van der Waals surface area contributed by atoms with Gasteiger partial charge in [0, 0.05) is 28.3 Å². The first kappa shape index (κ1) is 40.1. The van der Waals surface area contributed by atoms with Crippen molar-refractivity contribution in [3.05, 3.63) is 278 Å². The van der Waals surface area contributed by atoms with Gasteiger partial charge in [-0.15, -0.1) is 0 Å². The third-order valence-corrected chi connectivity index (χ3v) is 12.5. The highest BCUT2D eigenvalue weighted by Crippen LogP contribution is 2.38. The lowest BCUT2D eigenvalue weighted by Gasteiger charge is -2.11. The summed E-state index contributed by atoms with van der Waals surface area (Å²) in [6, 6.07) is 86.9. The number of allylic oxidation sites excluding steroid dienone is 4. The van der Waals surface area contributed by atoms with Gasteiger partial charge >= 0.3 is 0 Å². The maximum Gasteiger partial charge on any atom is 0.0547 e. The quantitative estimate of drug-likeness (QED) is 0.128. The van der Waals surface area contributed by atoms with Crippen LogP contribution in [0, 0.1) is 0 Å². The number of hydrogen-bond donors (Lipinski definition) is 1. The van der Waals surface area contributed by atoms with Crippen LogP contribution in [-0.4, -0.2) is 4.57 Å². The molecule has 0 aliphatic carbocycles. The molecule has 0 saturated heterocycles. The number of para-hydroxylation sites is 1. The number of benzene rings is 10. The number of aromatic nitrogens is 1. The maximum atomic E-state index is 3.59. The van der Waals surface area contributed by atoms with Gasteiger partial charge in [-0.3, -0.25) is 0 Å². The lowest BCUT2D eigenvalue weighted by atomic mass is 9.96. The van der Waals surface area contributed by atoms with Crippen molar-refractivity contribution in [1.29, 1.82) is 0 Å². The molecule has 0 fully saturated rings. The predicted octanol–water partition coefficient (Wildman–Crippen LogP) is 17.3. The zero-order chi connectivity index (χ0) is 44.1. The van der Waals surface area contributed by atoms with Crippen LogP contribution in [0.5, 0.6) is 0 Å². The van der Waals surface area contributed by atoms with Gasteiger partial charge in [0.1, 0.15) is 0 Å². The van der Waals surface area contributed by atoms with Gasteiger partial charge < -0.3 is 9.88 Å². The van der Waals surface area contributed by atoms with E-state index in [9.17, 15) is 0 Å². The van der Waals surface area contributed by atoms with Gasteiger partial charge in [0.15, 0.2) is 0 Å². The van der Waals surface area contributed by atoms with Crippen LogP contribution in [0.15, 0.2) is 267 Å². The van der Waals surface area contributed by atoms with Gasteiger partial charge in [-0.05, 0) is 114 Å². The van der Waals surface area contributed by atoms with E-state index < -0.39 is 0 Å². The summed E-state index contributed by atoms with van der Waals surface area (Å²) >= 11 is 0. The third kappa shape index (κ3) is 8.16. The standard InChI is InChI=1S/C64H46N2/c1-3-15-47(16-4-1)49-30-28-46(29-31-49)14-11-20-54(44-45-65-56-40-36-51(37-41-56)50-32-34-55(35-33-50)59-24-12-21-53-19-7-8-22-58(53)59)60-25-13-27-63-64(60)61-23-9-10-26-62(61)66(63)57-42-38-52(39-43-57)48-17-5-2-6-18-48/h1-45,65H/b14-11-,45-44+,54-20+. The molecule has 0 aliphatic rings. The summed E-state index contributed by atoms with van der Waals surface area (Å²) < 4.78 is 2.39. The average Bonchev–Trinajstić information content (AvgIpc) is 3.74. The molecule has 1 aromatic heterocycles.